The zero-order valence-corrected chi connectivity index (χ0v) is 12.8. The van der Waals surface area contributed by atoms with Gasteiger partial charge in [0.15, 0.2) is 0 Å². The lowest BCUT2D eigenvalue weighted by atomic mass is 10.3. The van der Waals surface area contributed by atoms with E-state index in [2.05, 4.69) is 22.2 Å². The SMILES string of the molecule is CCCNc1cc(Oc2ccc(Cl)cc2Cl)nc(C)n1. The minimum Gasteiger partial charge on any atom is -0.437 e. The second-order valence-corrected chi connectivity index (χ2v) is 5.09. The van der Waals surface area contributed by atoms with Gasteiger partial charge < -0.3 is 10.1 Å². The molecule has 0 atom stereocenters. The molecule has 106 valence electrons. The molecule has 1 heterocycles. The maximum Gasteiger partial charge on any atom is 0.224 e. The fourth-order valence-corrected chi connectivity index (χ4v) is 2.05. The van der Waals surface area contributed by atoms with E-state index in [9.17, 15) is 0 Å². The zero-order chi connectivity index (χ0) is 14.5. The minimum absolute atomic E-state index is 0.442. The van der Waals surface area contributed by atoms with E-state index in [4.69, 9.17) is 27.9 Å². The minimum atomic E-state index is 0.442. The highest BCUT2D eigenvalue weighted by Gasteiger charge is 2.07. The van der Waals surface area contributed by atoms with Crippen LogP contribution in [0.4, 0.5) is 5.82 Å². The van der Waals surface area contributed by atoms with Crippen LogP contribution in [0.5, 0.6) is 11.6 Å². The van der Waals surface area contributed by atoms with Gasteiger partial charge in [0.2, 0.25) is 5.88 Å². The topological polar surface area (TPSA) is 47.0 Å². The summed E-state index contributed by atoms with van der Waals surface area (Å²) < 4.78 is 5.68. The molecular weight excluding hydrogens is 297 g/mol. The van der Waals surface area contributed by atoms with Crippen LogP contribution in [-0.2, 0) is 0 Å². The van der Waals surface area contributed by atoms with Gasteiger partial charge in [-0.2, -0.15) is 4.98 Å². The van der Waals surface area contributed by atoms with Crippen LogP contribution >= 0.6 is 23.2 Å². The third-order valence-corrected chi connectivity index (χ3v) is 3.01. The Morgan fingerprint density at radius 2 is 2.00 bits per heavy atom. The highest BCUT2D eigenvalue weighted by molar-refractivity contribution is 6.35. The Hall–Kier alpha value is -1.52. The maximum atomic E-state index is 6.07. The van der Waals surface area contributed by atoms with Crippen molar-refractivity contribution < 1.29 is 4.74 Å². The van der Waals surface area contributed by atoms with Gasteiger partial charge in [0.1, 0.15) is 17.4 Å². The third-order valence-electron chi connectivity index (χ3n) is 2.48. The Balaban J connectivity index is 2.21. The quantitative estimate of drug-likeness (QED) is 0.869. The summed E-state index contributed by atoms with van der Waals surface area (Å²) in [5.74, 6) is 2.32. The van der Waals surface area contributed by atoms with Gasteiger partial charge in [-0.25, -0.2) is 4.98 Å². The molecule has 2 rings (SSSR count). The number of anilines is 1. The molecule has 6 heteroatoms. The van der Waals surface area contributed by atoms with Gasteiger partial charge >= 0.3 is 0 Å². The molecule has 4 nitrogen and oxygen atoms in total. The average Bonchev–Trinajstić information content (AvgIpc) is 2.39. The molecule has 0 saturated carbocycles. The lowest BCUT2D eigenvalue weighted by molar-refractivity contribution is 0.460. The van der Waals surface area contributed by atoms with Crippen LogP contribution in [-0.4, -0.2) is 16.5 Å². The normalized spacial score (nSPS) is 10.4. The second kappa shape index (κ2) is 6.77. The number of ether oxygens (including phenoxy) is 1. The first-order chi connectivity index (χ1) is 9.58. The summed E-state index contributed by atoms with van der Waals surface area (Å²) >= 11 is 11.9. The van der Waals surface area contributed by atoms with Crippen molar-refractivity contribution in [2.45, 2.75) is 20.3 Å². The Kier molecular flexibility index (Phi) is 5.04. The van der Waals surface area contributed by atoms with Crippen molar-refractivity contribution in [1.82, 2.24) is 9.97 Å². The van der Waals surface area contributed by atoms with Gasteiger partial charge in [-0.15, -0.1) is 0 Å². The Morgan fingerprint density at radius 3 is 2.70 bits per heavy atom. The van der Waals surface area contributed by atoms with Crippen molar-refractivity contribution in [3.63, 3.8) is 0 Å². The highest BCUT2D eigenvalue weighted by atomic mass is 35.5. The fourth-order valence-electron chi connectivity index (χ4n) is 1.61. The molecule has 0 unspecified atom stereocenters. The molecule has 0 aliphatic heterocycles. The number of rotatable bonds is 5. The summed E-state index contributed by atoms with van der Waals surface area (Å²) in [6, 6.07) is 6.80. The third kappa shape index (κ3) is 3.99. The molecule has 1 N–H and O–H groups in total. The highest BCUT2D eigenvalue weighted by Crippen LogP contribution is 2.31. The number of benzene rings is 1. The lowest BCUT2D eigenvalue weighted by Gasteiger charge is -2.10. The van der Waals surface area contributed by atoms with Crippen LogP contribution in [0.25, 0.3) is 0 Å². The van der Waals surface area contributed by atoms with Crippen LogP contribution in [0.1, 0.15) is 19.2 Å². The standard InChI is InChI=1S/C14H15Cl2N3O/c1-3-6-17-13-8-14(19-9(2)18-13)20-12-5-4-10(15)7-11(12)16/h4-5,7-8H,3,6H2,1-2H3,(H,17,18,19). The summed E-state index contributed by atoms with van der Waals surface area (Å²) in [4.78, 5) is 8.53. The van der Waals surface area contributed by atoms with E-state index in [0.717, 1.165) is 18.8 Å². The van der Waals surface area contributed by atoms with E-state index < -0.39 is 0 Å². The zero-order valence-electron chi connectivity index (χ0n) is 11.3. The largest absolute Gasteiger partial charge is 0.437 e. The van der Waals surface area contributed by atoms with E-state index in [1.807, 2.05) is 6.92 Å². The summed E-state index contributed by atoms with van der Waals surface area (Å²) in [6.07, 6.45) is 1.02. The van der Waals surface area contributed by atoms with Crippen molar-refractivity contribution in [2.24, 2.45) is 0 Å². The first-order valence-corrected chi connectivity index (χ1v) is 7.06. The lowest BCUT2D eigenvalue weighted by Crippen LogP contribution is -2.04. The Labute approximate surface area is 128 Å². The number of halogens is 2. The monoisotopic (exact) mass is 311 g/mol. The summed E-state index contributed by atoms with van der Waals surface area (Å²) in [5.41, 5.74) is 0. The van der Waals surface area contributed by atoms with E-state index in [1.165, 1.54) is 0 Å². The van der Waals surface area contributed by atoms with Crippen LogP contribution in [0, 0.1) is 6.92 Å². The molecule has 1 aromatic heterocycles. The van der Waals surface area contributed by atoms with Gasteiger partial charge in [-0.3, -0.25) is 0 Å². The Bertz CT molecular complexity index is 605. The predicted octanol–water partition coefficient (Wildman–Crippen LogP) is 4.71. The first kappa shape index (κ1) is 14.9. The molecule has 0 amide bonds. The second-order valence-electron chi connectivity index (χ2n) is 4.24. The van der Waals surface area contributed by atoms with Crippen molar-refractivity contribution in [1.29, 1.82) is 0 Å². The van der Waals surface area contributed by atoms with Gasteiger partial charge in [-0.1, -0.05) is 30.1 Å². The molecule has 0 radical (unpaired) electrons. The van der Waals surface area contributed by atoms with Crippen molar-refractivity contribution >= 4 is 29.0 Å². The van der Waals surface area contributed by atoms with Crippen molar-refractivity contribution in [2.75, 3.05) is 11.9 Å². The van der Waals surface area contributed by atoms with E-state index >= 15 is 0 Å². The maximum absolute atomic E-state index is 6.07. The van der Waals surface area contributed by atoms with E-state index in [0.29, 0.717) is 27.5 Å². The summed E-state index contributed by atoms with van der Waals surface area (Å²) in [6.45, 7) is 4.75. The van der Waals surface area contributed by atoms with Crippen LogP contribution in [0.2, 0.25) is 10.0 Å². The molecular formula is C14H15Cl2N3O. The van der Waals surface area contributed by atoms with Gasteiger partial charge in [0.05, 0.1) is 5.02 Å². The molecule has 20 heavy (non-hydrogen) atoms. The van der Waals surface area contributed by atoms with Gasteiger partial charge in [0.25, 0.3) is 0 Å². The van der Waals surface area contributed by atoms with Gasteiger partial charge in [0, 0.05) is 17.6 Å². The molecule has 0 fully saturated rings. The summed E-state index contributed by atoms with van der Waals surface area (Å²) in [7, 11) is 0. The van der Waals surface area contributed by atoms with Crippen molar-refractivity contribution in [3.8, 4) is 11.6 Å². The molecule has 2 aromatic rings. The molecule has 0 saturated heterocycles. The first-order valence-electron chi connectivity index (χ1n) is 6.31. The smallest absolute Gasteiger partial charge is 0.224 e. The molecule has 1 aromatic carbocycles. The average molecular weight is 312 g/mol. The number of aromatic nitrogens is 2. The molecule has 0 aliphatic rings. The van der Waals surface area contributed by atoms with E-state index in [1.54, 1.807) is 24.3 Å². The fraction of sp³-hybridized carbons (Fsp3) is 0.286. The summed E-state index contributed by atoms with van der Waals surface area (Å²) in [5, 5.41) is 4.20. The van der Waals surface area contributed by atoms with Crippen LogP contribution in [0.3, 0.4) is 0 Å². The van der Waals surface area contributed by atoms with E-state index in [-0.39, 0.29) is 0 Å². The predicted molar refractivity (Wildman–Crippen MR) is 82.1 cm³/mol. The molecule has 0 spiro atoms. The van der Waals surface area contributed by atoms with Crippen LogP contribution in [0.15, 0.2) is 24.3 Å². The van der Waals surface area contributed by atoms with Crippen LogP contribution < -0.4 is 10.1 Å². The number of nitrogens with zero attached hydrogens (tertiary/aromatic N) is 2. The molecule has 0 aliphatic carbocycles. The number of aryl methyl sites for hydroxylation is 1. The van der Waals surface area contributed by atoms with Gasteiger partial charge in [-0.05, 0) is 31.5 Å². The number of hydrogen-bond donors (Lipinski definition) is 1. The number of nitrogens with one attached hydrogen (secondary N) is 1. The van der Waals surface area contributed by atoms with Crippen molar-refractivity contribution in [3.05, 3.63) is 40.1 Å². The molecule has 0 bridgehead atoms. The number of hydrogen-bond acceptors (Lipinski definition) is 4. The Morgan fingerprint density at radius 1 is 1.20 bits per heavy atom.